The standard InChI is InChI=1S/C22H18ClN3O5S/c23-17-7-9-20(10-8-17)32(30,31)25-12-2-3-15-13-16(6-11-21(15)25)22(27)24-18-4-1-5-19(14-18)26(28)29/h1,4-11,13-14H,2-3,12H2,(H,24,27). The van der Waals surface area contributed by atoms with Crippen molar-refractivity contribution in [1.82, 2.24) is 0 Å². The Morgan fingerprint density at radius 2 is 1.81 bits per heavy atom. The Morgan fingerprint density at radius 1 is 1.06 bits per heavy atom. The van der Waals surface area contributed by atoms with Gasteiger partial charge in [-0.05, 0) is 66.9 Å². The van der Waals surface area contributed by atoms with Crippen LogP contribution in [0.5, 0.6) is 0 Å². The van der Waals surface area contributed by atoms with Crippen molar-refractivity contribution in [1.29, 1.82) is 0 Å². The number of anilines is 2. The summed E-state index contributed by atoms with van der Waals surface area (Å²) in [6.07, 6.45) is 1.23. The number of sulfonamides is 1. The molecule has 0 bridgehead atoms. The number of benzene rings is 3. The summed E-state index contributed by atoms with van der Waals surface area (Å²) in [6, 6.07) is 16.5. The zero-order chi connectivity index (χ0) is 22.9. The molecule has 10 heteroatoms. The summed E-state index contributed by atoms with van der Waals surface area (Å²) < 4.78 is 27.7. The number of amides is 1. The number of carbonyl (C=O) groups excluding carboxylic acids is 1. The quantitative estimate of drug-likeness (QED) is 0.430. The highest BCUT2D eigenvalue weighted by Gasteiger charge is 2.29. The second kappa shape index (κ2) is 8.60. The number of hydrogen-bond acceptors (Lipinski definition) is 5. The van der Waals surface area contributed by atoms with Crippen LogP contribution < -0.4 is 9.62 Å². The van der Waals surface area contributed by atoms with Gasteiger partial charge >= 0.3 is 0 Å². The fourth-order valence-electron chi connectivity index (χ4n) is 3.59. The van der Waals surface area contributed by atoms with E-state index in [1.165, 1.54) is 46.8 Å². The molecule has 0 aliphatic carbocycles. The first-order chi connectivity index (χ1) is 15.3. The number of rotatable bonds is 5. The van der Waals surface area contributed by atoms with Crippen LogP contribution in [0.25, 0.3) is 0 Å². The Balaban J connectivity index is 1.60. The molecule has 0 spiro atoms. The lowest BCUT2D eigenvalue weighted by molar-refractivity contribution is -0.384. The van der Waals surface area contributed by atoms with Crippen LogP contribution in [0.1, 0.15) is 22.3 Å². The van der Waals surface area contributed by atoms with E-state index in [1.54, 1.807) is 24.3 Å². The molecule has 4 rings (SSSR count). The zero-order valence-corrected chi connectivity index (χ0v) is 18.3. The number of nitrogens with zero attached hydrogens (tertiary/aromatic N) is 2. The summed E-state index contributed by atoms with van der Waals surface area (Å²) in [6.45, 7) is 0.331. The van der Waals surface area contributed by atoms with Crippen molar-refractivity contribution in [3.05, 3.63) is 93.0 Å². The number of halogens is 1. The van der Waals surface area contributed by atoms with Crippen molar-refractivity contribution in [3.63, 3.8) is 0 Å². The van der Waals surface area contributed by atoms with Gasteiger partial charge < -0.3 is 5.32 Å². The molecule has 0 radical (unpaired) electrons. The van der Waals surface area contributed by atoms with E-state index in [0.717, 1.165) is 5.56 Å². The molecule has 0 atom stereocenters. The molecule has 1 aliphatic rings. The van der Waals surface area contributed by atoms with Crippen LogP contribution >= 0.6 is 11.6 Å². The van der Waals surface area contributed by atoms with E-state index in [0.29, 0.717) is 41.3 Å². The molecule has 8 nitrogen and oxygen atoms in total. The van der Waals surface area contributed by atoms with Crippen molar-refractivity contribution >= 4 is 44.6 Å². The van der Waals surface area contributed by atoms with E-state index in [2.05, 4.69) is 5.32 Å². The van der Waals surface area contributed by atoms with Gasteiger partial charge in [-0.15, -0.1) is 0 Å². The average Bonchev–Trinajstić information content (AvgIpc) is 2.78. The number of carbonyl (C=O) groups is 1. The van der Waals surface area contributed by atoms with Crippen LogP contribution in [0.3, 0.4) is 0 Å². The molecule has 1 N–H and O–H groups in total. The fourth-order valence-corrected chi connectivity index (χ4v) is 5.25. The Hall–Kier alpha value is -3.43. The van der Waals surface area contributed by atoms with Gasteiger partial charge in [0.15, 0.2) is 0 Å². The van der Waals surface area contributed by atoms with Gasteiger partial charge in [0.2, 0.25) is 0 Å². The second-order valence-corrected chi connectivity index (χ2v) is 9.54. The second-order valence-electron chi connectivity index (χ2n) is 7.24. The molecule has 0 saturated heterocycles. The normalized spacial score (nSPS) is 13.3. The highest BCUT2D eigenvalue weighted by Crippen LogP contribution is 2.33. The minimum Gasteiger partial charge on any atom is -0.322 e. The predicted molar refractivity (Wildman–Crippen MR) is 122 cm³/mol. The third-order valence-corrected chi connectivity index (χ3v) is 7.21. The average molecular weight is 472 g/mol. The number of hydrogen-bond donors (Lipinski definition) is 1. The van der Waals surface area contributed by atoms with Gasteiger partial charge in [0.25, 0.3) is 21.6 Å². The van der Waals surface area contributed by atoms with E-state index in [4.69, 9.17) is 11.6 Å². The van der Waals surface area contributed by atoms with Crippen LogP contribution in [0.4, 0.5) is 17.1 Å². The van der Waals surface area contributed by atoms with Crippen LogP contribution in [0, 0.1) is 10.1 Å². The van der Waals surface area contributed by atoms with E-state index in [1.807, 2.05) is 0 Å². The van der Waals surface area contributed by atoms with Gasteiger partial charge in [0, 0.05) is 35.0 Å². The highest BCUT2D eigenvalue weighted by atomic mass is 35.5. The largest absolute Gasteiger partial charge is 0.322 e. The van der Waals surface area contributed by atoms with Crippen molar-refractivity contribution in [2.24, 2.45) is 0 Å². The molecule has 0 aromatic heterocycles. The lowest BCUT2D eigenvalue weighted by Crippen LogP contribution is -2.35. The lowest BCUT2D eigenvalue weighted by Gasteiger charge is -2.30. The Morgan fingerprint density at radius 3 is 2.53 bits per heavy atom. The van der Waals surface area contributed by atoms with Gasteiger partial charge in [-0.25, -0.2) is 8.42 Å². The molecule has 0 saturated carbocycles. The Bertz CT molecular complexity index is 1310. The summed E-state index contributed by atoms with van der Waals surface area (Å²) in [7, 11) is -3.78. The summed E-state index contributed by atoms with van der Waals surface area (Å²) in [5.41, 5.74) is 1.77. The molecule has 3 aromatic rings. The number of nitro benzene ring substituents is 1. The minimum absolute atomic E-state index is 0.128. The van der Waals surface area contributed by atoms with E-state index in [9.17, 15) is 23.3 Å². The molecule has 0 fully saturated rings. The molecule has 1 heterocycles. The molecule has 164 valence electrons. The molecule has 32 heavy (non-hydrogen) atoms. The van der Waals surface area contributed by atoms with Gasteiger partial charge in [-0.1, -0.05) is 17.7 Å². The molecular weight excluding hydrogens is 454 g/mol. The summed E-state index contributed by atoms with van der Waals surface area (Å²) in [4.78, 5) is 23.2. The van der Waals surface area contributed by atoms with Crippen molar-refractivity contribution in [2.75, 3.05) is 16.2 Å². The fraction of sp³-hybridized carbons (Fsp3) is 0.136. The molecule has 0 unspecified atom stereocenters. The van der Waals surface area contributed by atoms with Crippen LogP contribution in [-0.2, 0) is 16.4 Å². The number of nitro groups is 1. The van der Waals surface area contributed by atoms with Crippen LogP contribution in [0.2, 0.25) is 5.02 Å². The first kappa shape index (κ1) is 21.8. The summed E-state index contributed by atoms with van der Waals surface area (Å²) >= 11 is 5.88. The Kier molecular flexibility index (Phi) is 5.86. The number of non-ortho nitro benzene ring substituents is 1. The predicted octanol–water partition coefficient (Wildman–Crippen LogP) is 4.64. The number of fused-ring (bicyclic) bond motifs is 1. The van der Waals surface area contributed by atoms with Crippen LogP contribution in [0.15, 0.2) is 71.6 Å². The van der Waals surface area contributed by atoms with Crippen molar-refractivity contribution in [2.45, 2.75) is 17.7 Å². The van der Waals surface area contributed by atoms with Crippen molar-refractivity contribution < 1.29 is 18.1 Å². The smallest absolute Gasteiger partial charge is 0.271 e. The number of aryl methyl sites for hydroxylation is 1. The highest BCUT2D eigenvalue weighted by molar-refractivity contribution is 7.92. The van der Waals surface area contributed by atoms with Crippen molar-refractivity contribution in [3.8, 4) is 0 Å². The summed E-state index contributed by atoms with van der Waals surface area (Å²) in [5, 5.41) is 14.0. The summed E-state index contributed by atoms with van der Waals surface area (Å²) in [5.74, 6) is -0.439. The minimum atomic E-state index is -3.78. The van der Waals surface area contributed by atoms with Crippen LogP contribution in [-0.4, -0.2) is 25.8 Å². The van der Waals surface area contributed by atoms with Gasteiger partial charge in [-0.3, -0.25) is 19.2 Å². The maximum absolute atomic E-state index is 13.2. The third kappa shape index (κ3) is 4.30. The number of nitrogens with one attached hydrogen (secondary N) is 1. The zero-order valence-electron chi connectivity index (χ0n) is 16.7. The molecule has 1 aliphatic heterocycles. The van der Waals surface area contributed by atoms with E-state index < -0.39 is 20.9 Å². The van der Waals surface area contributed by atoms with E-state index in [-0.39, 0.29) is 10.6 Å². The first-order valence-electron chi connectivity index (χ1n) is 9.73. The first-order valence-corrected chi connectivity index (χ1v) is 11.5. The molecule has 1 amide bonds. The maximum atomic E-state index is 13.2. The van der Waals surface area contributed by atoms with Gasteiger partial charge in [0.05, 0.1) is 15.5 Å². The lowest BCUT2D eigenvalue weighted by atomic mass is 10.0. The van der Waals surface area contributed by atoms with E-state index >= 15 is 0 Å². The molecule has 3 aromatic carbocycles. The van der Waals surface area contributed by atoms with Gasteiger partial charge in [-0.2, -0.15) is 0 Å². The monoisotopic (exact) mass is 471 g/mol. The Labute approximate surface area is 189 Å². The molecular formula is C22H18ClN3O5S. The third-order valence-electron chi connectivity index (χ3n) is 5.13. The SMILES string of the molecule is O=C(Nc1cccc([N+](=O)[O-])c1)c1ccc2c(c1)CCCN2S(=O)(=O)c1ccc(Cl)cc1. The van der Waals surface area contributed by atoms with Gasteiger partial charge in [0.1, 0.15) is 0 Å². The maximum Gasteiger partial charge on any atom is 0.271 e. The topological polar surface area (TPSA) is 110 Å².